The number of fused-ring (bicyclic) bond motifs is 1. The van der Waals surface area contributed by atoms with Gasteiger partial charge in [-0.1, -0.05) is 0 Å². The number of aromatic amines is 1. The summed E-state index contributed by atoms with van der Waals surface area (Å²) in [7, 11) is 0. The Morgan fingerprint density at radius 3 is 2.80 bits per heavy atom. The predicted molar refractivity (Wildman–Crippen MR) is 74.9 cm³/mol. The van der Waals surface area contributed by atoms with E-state index >= 15 is 0 Å². The van der Waals surface area contributed by atoms with Crippen LogP contribution in [-0.4, -0.2) is 28.0 Å². The Bertz CT molecular complexity index is 684. The molecule has 1 amide bonds. The molecule has 1 atom stereocenters. The molecular formula is C13H12BrFN2O3. The first kappa shape index (κ1) is 14.5. The molecule has 1 aromatic carbocycles. The molecule has 0 aliphatic carbocycles. The van der Waals surface area contributed by atoms with Crippen LogP contribution in [0.5, 0.6) is 0 Å². The third-order valence-electron chi connectivity index (χ3n) is 2.91. The van der Waals surface area contributed by atoms with Crippen molar-refractivity contribution in [3.8, 4) is 0 Å². The van der Waals surface area contributed by atoms with E-state index in [1.54, 1.807) is 12.3 Å². The Morgan fingerprint density at radius 2 is 2.20 bits per heavy atom. The van der Waals surface area contributed by atoms with Gasteiger partial charge < -0.3 is 15.4 Å². The number of amides is 1. The first-order chi connectivity index (χ1) is 9.38. The van der Waals surface area contributed by atoms with E-state index in [-0.39, 0.29) is 6.42 Å². The molecule has 2 aromatic rings. The van der Waals surface area contributed by atoms with Crippen molar-refractivity contribution in [1.29, 1.82) is 0 Å². The molecule has 3 N–H and O–H groups in total. The fourth-order valence-corrected chi connectivity index (χ4v) is 2.35. The number of nitrogens with one attached hydrogen (secondary N) is 2. The Labute approximate surface area is 122 Å². The molecule has 2 rings (SSSR count). The molecule has 1 aromatic heterocycles. The molecule has 0 saturated heterocycles. The zero-order chi connectivity index (χ0) is 14.9. The minimum absolute atomic E-state index is 0.0794. The van der Waals surface area contributed by atoms with Gasteiger partial charge in [-0.3, -0.25) is 4.79 Å². The Morgan fingerprint density at radius 1 is 1.50 bits per heavy atom. The zero-order valence-electron chi connectivity index (χ0n) is 10.5. The lowest BCUT2D eigenvalue weighted by Gasteiger charge is -2.12. The molecule has 0 bridgehead atoms. The van der Waals surface area contributed by atoms with Crippen LogP contribution in [0.25, 0.3) is 10.9 Å². The van der Waals surface area contributed by atoms with E-state index in [0.29, 0.717) is 20.9 Å². The highest BCUT2D eigenvalue weighted by Crippen LogP contribution is 2.26. The summed E-state index contributed by atoms with van der Waals surface area (Å²) in [6.07, 6.45) is 1.70. The largest absolute Gasteiger partial charge is 0.480 e. The van der Waals surface area contributed by atoms with Gasteiger partial charge in [-0.25, -0.2) is 9.18 Å². The van der Waals surface area contributed by atoms with Gasteiger partial charge in [0.2, 0.25) is 5.91 Å². The van der Waals surface area contributed by atoms with Crippen LogP contribution in [0, 0.1) is 5.82 Å². The van der Waals surface area contributed by atoms with Crippen LogP contribution < -0.4 is 5.32 Å². The van der Waals surface area contributed by atoms with Gasteiger partial charge in [0, 0.05) is 30.4 Å². The van der Waals surface area contributed by atoms with Crippen molar-refractivity contribution in [1.82, 2.24) is 10.3 Å². The maximum absolute atomic E-state index is 13.6. The summed E-state index contributed by atoms with van der Waals surface area (Å²) in [6, 6.07) is 1.87. The van der Waals surface area contributed by atoms with Gasteiger partial charge in [0.25, 0.3) is 0 Å². The van der Waals surface area contributed by atoms with Gasteiger partial charge >= 0.3 is 5.97 Å². The number of halogens is 2. The Kier molecular flexibility index (Phi) is 4.08. The van der Waals surface area contributed by atoms with E-state index in [1.165, 1.54) is 13.0 Å². The average Bonchev–Trinajstić information content (AvgIpc) is 2.71. The van der Waals surface area contributed by atoms with E-state index in [9.17, 15) is 14.0 Å². The van der Waals surface area contributed by atoms with Gasteiger partial charge in [0.05, 0.1) is 4.47 Å². The lowest BCUT2D eigenvalue weighted by atomic mass is 10.0. The molecular weight excluding hydrogens is 331 g/mol. The number of carbonyl (C=O) groups is 2. The van der Waals surface area contributed by atoms with Crippen LogP contribution in [0.15, 0.2) is 22.8 Å². The molecule has 0 saturated carbocycles. The first-order valence-electron chi connectivity index (χ1n) is 5.83. The molecule has 20 heavy (non-hydrogen) atoms. The number of benzene rings is 1. The van der Waals surface area contributed by atoms with Crippen LogP contribution in [-0.2, 0) is 16.0 Å². The third-order valence-corrected chi connectivity index (χ3v) is 3.52. The van der Waals surface area contributed by atoms with E-state index in [0.717, 1.165) is 0 Å². The average molecular weight is 343 g/mol. The Balaban J connectivity index is 2.35. The van der Waals surface area contributed by atoms with E-state index in [4.69, 9.17) is 5.11 Å². The maximum Gasteiger partial charge on any atom is 0.326 e. The summed E-state index contributed by atoms with van der Waals surface area (Å²) >= 11 is 3.09. The van der Waals surface area contributed by atoms with Crippen LogP contribution in [0.1, 0.15) is 12.5 Å². The predicted octanol–water partition coefficient (Wildman–Crippen LogP) is 2.20. The number of carbonyl (C=O) groups excluding carboxylic acids is 1. The molecule has 106 valence electrons. The zero-order valence-corrected chi connectivity index (χ0v) is 12.1. The normalized spacial score (nSPS) is 12.3. The summed E-state index contributed by atoms with van der Waals surface area (Å²) in [5.74, 6) is -1.98. The van der Waals surface area contributed by atoms with Crippen molar-refractivity contribution in [2.75, 3.05) is 0 Å². The molecule has 1 unspecified atom stereocenters. The number of hydrogen-bond acceptors (Lipinski definition) is 2. The van der Waals surface area contributed by atoms with Gasteiger partial charge in [0.15, 0.2) is 0 Å². The number of aliphatic carboxylic acids is 1. The number of hydrogen-bond donors (Lipinski definition) is 3. The number of rotatable bonds is 4. The lowest BCUT2D eigenvalue weighted by molar-refractivity contribution is -0.141. The van der Waals surface area contributed by atoms with Gasteiger partial charge in [0.1, 0.15) is 11.9 Å². The van der Waals surface area contributed by atoms with E-state index in [2.05, 4.69) is 26.2 Å². The van der Waals surface area contributed by atoms with Crippen LogP contribution in [0.3, 0.4) is 0 Å². The lowest BCUT2D eigenvalue weighted by Crippen LogP contribution is -2.41. The molecule has 0 aliphatic heterocycles. The van der Waals surface area contributed by atoms with Gasteiger partial charge in [-0.2, -0.15) is 0 Å². The molecule has 0 radical (unpaired) electrons. The molecule has 0 aliphatic rings. The van der Waals surface area contributed by atoms with Crippen molar-refractivity contribution >= 4 is 38.7 Å². The third kappa shape index (κ3) is 2.98. The first-order valence-corrected chi connectivity index (χ1v) is 6.62. The number of carboxylic acids is 1. The monoisotopic (exact) mass is 342 g/mol. The molecule has 0 fully saturated rings. The standard InChI is InChI=1S/C13H12BrFN2O3/c1-6(18)17-12(13(19)20)2-7-5-16-11-4-9(14)10(15)3-8(7)11/h3-5,12,16H,2H2,1H3,(H,17,18)(H,19,20). The molecule has 5 nitrogen and oxygen atoms in total. The van der Waals surface area contributed by atoms with Crippen molar-refractivity contribution in [2.24, 2.45) is 0 Å². The highest BCUT2D eigenvalue weighted by molar-refractivity contribution is 9.10. The molecule has 1 heterocycles. The van der Waals surface area contributed by atoms with Crippen LogP contribution in [0.2, 0.25) is 0 Å². The topological polar surface area (TPSA) is 82.2 Å². The highest BCUT2D eigenvalue weighted by atomic mass is 79.9. The quantitative estimate of drug-likeness (QED) is 0.796. The fourth-order valence-electron chi connectivity index (χ4n) is 2.01. The summed E-state index contributed by atoms with van der Waals surface area (Å²) in [5, 5.41) is 12.0. The van der Waals surface area contributed by atoms with Crippen molar-refractivity contribution in [2.45, 2.75) is 19.4 Å². The van der Waals surface area contributed by atoms with Gasteiger partial charge in [-0.15, -0.1) is 0 Å². The van der Waals surface area contributed by atoms with Crippen LogP contribution in [0.4, 0.5) is 4.39 Å². The number of carboxylic acid groups (broad SMARTS) is 1. The van der Waals surface area contributed by atoms with Crippen molar-refractivity contribution in [3.63, 3.8) is 0 Å². The summed E-state index contributed by atoms with van der Waals surface area (Å²) in [5.41, 5.74) is 1.33. The number of H-pyrrole nitrogens is 1. The second-order valence-electron chi connectivity index (χ2n) is 4.42. The fraction of sp³-hybridized carbons (Fsp3) is 0.231. The summed E-state index contributed by atoms with van der Waals surface area (Å²) < 4.78 is 13.9. The summed E-state index contributed by atoms with van der Waals surface area (Å²) in [6.45, 7) is 1.25. The molecule has 7 heteroatoms. The van der Waals surface area contributed by atoms with Gasteiger partial charge in [-0.05, 0) is 33.6 Å². The van der Waals surface area contributed by atoms with E-state index in [1.807, 2.05) is 0 Å². The van der Waals surface area contributed by atoms with Crippen molar-refractivity contribution < 1.29 is 19.1 Å². The minimum atomic E-state index is -1.13. The number of aromatic nitrogens is 1. The maximum atomic E-state index is 13.6. The molecule has 0 spiro atoms. The Hall–Kier alpha value is -1.89. The second kappa shape index (κ2) is 5.62. The van der Waals surface area contributed by atoms with Crippen molar-refractivity contribution in [3.05, 3.63) is 34.2 Å². The van der Waals surface area contributed by atoms with E-state index < -0.39 is 23.7 Å². The SMILES string of the molecule is CC(=O)NC(Cc1c[nH]c2cc(Br)c(F)cc12)C(=O)O. The smallest absolute Gasteiger partial charge is 0.326 e. The minimum Gasteiger partial charge on any atom is -0.480 e. The highest BCUT2D eigenvalue weighted by Gasteiger charge is 2.20. The van der Waals surface area contributed by atoms with Crippen LogP contribution >= 0.6 is 15.9 Å². The summed E-state index contributed by atoms with van der Waals surface area (Å²) in [4.78, 5) is 25.1. The second-order valence-corrected chi connectivity index (χ2v) is 5.28.